The molecule has 6 rings (SSSR count). The lowest BCUT2D eigenvalue weighted by Gasteiger charge is -2.17. The number of pyridine rings is 1. The molecular weight excluding hydrogens is 416 g/mol. The third-order valence-electron chi connectivity index (χ3n) is 6.65. The smallest absolute Gasteiger partial charge is 0.251 e. The van der Waals surface area contributed by atoms with Crippen molar-refractivity contribution in [1.82, 2.24) is 10.3 Å². The van der Waals surface area contributed by atoms with Crippen molar-refractivity contribution >= 4 is 11.7 Å². The Bertz CT molecular complexity index is 1280. The van der Waals surface area contributed by atoms with Crippen molar-refractivity contribution < 1.29 is 14.4 Å². The molecule has 7 heteroatoms. The van der Waals surface area contributed by atoms with E-state index in [-0.39, 0.29) is 24.0 Å². The largest absolute Gasteiger partial charge is 0.397 e. The molecule has 1 aromatic heterocycles. The predicted molar refractivity (Wildman–Crippen MR) is 123 cm³/mol. The van der Waals surface area contributed by atoms with Gasteiger partial charge in [0.1, 0.15) is 19.3 Å². The van der Waals surface area contributed by atoms with Crippen LogP contribution in [0.1, 0.15) is 80.4 Å². The summed E-state index contributed by atoms with van der Waals surface area (Å²) in [5, 5.41) is 6.64. The average Bonchev–Trinajstić information content (AvgIpc) is 3.55. The van der Waals surface area contributed by atoms with Crippen LogP contribution in [0.15, 0.2) is 59.9 Å². The summed E-state index contributed by atoms with van der Waals surface area (Å²) >= 11 is 0. The van der Waals surface area contributed by atoms with E-state index in [2.05, 4.69) is 38.5 Å². The fourth-order valence-electron chi connectivity index (χ4n) is 4.78. The van der Waals surface area contributed by atoms with Crippen LogP contribution >= 0.6 is 0 Å². The highest BCUT2D eigenvalue weighted by Crippen LogP contribution is 2.55. The molecule has 3 aromatic rings. The number of nitrogens with one attached hydrogen (secondary N) is 1. The van der Waals surface area contributed by atoms with Crippen LogP contribution in [0.2, 0.25) is 0 Å². The summed E-state index contributed by atoms with van der Waals surface area (Å²) in [4.78, 5) is 21.9. The van der Waals surface area contributed by atoms with E-state index in [1.54, 1.807) is 18.3 Å². The van der Waals surface area contributed by atoms with Gasteiger partial charge in [0.25, 0.3) is 5.91 Å². The van der Waals surface area contributed by atoms with E-state index in [9.17, 15) is 4.79 Å². The number of fused-ring (bicyclic) bond motifs is 8. The fourth-order valence-corrected chi connectivity index (χ4v) is 4.78. The number of aromatic nitrogens is 1. The summed E-state index contributed by atoms with van der Waals surface area (Å²) in [6.45, 7) is 0.313. The molecule has 166 valence electrons. The number of rotatable bonds is 6. The van der Waals surface area contributed by atoms with Gasteiger partial charge in [-0.1, -0.05) is 29.4 Å². The lowest BCUT2D eigenvalue weighted by Crippen LogP contribution is -2.24. The van der Waals surface area contributed by atoms with Crippen LogP contribution in [0.25, 0.3) is 0 Å². The second kappa shape index (κ2) is 7.71. The molecule has 1 aliphatic carbocycles. The SMILES string of the molecule is CON=C(N)c1ccc(CNC(=O)c2ccc3c(c2)[C@@H]2O[C@H]3c3ccc(C4CC4)cc32)nc1. The molecule has 2 aromatic carbocycles. The van der Waals surface area contributed by atoms with Crippen molar-refractivity contribution in [3.05, 3.63) is 99.4 Å². The zero-order chi connectivity index (χ0) is 22.5. The molecule has 3 aliphatic rings. The van der Waals surface area contributed by atoms with Crippen molar-refractivity contribution in [2.75, 3.05) is 7.11 Å². The number of hydrogen-bond acceptors (Lipinski definition) is 5. The molecule has 0 radical (unpaired) electrons. The zero-order valence-corrected chi connectivity index (χ0v) is 18.2. The summed E-state index contributed by atoms with van der Waals surface area (Å²) in [6.07, 6.45) is 4.05. The normalized spacial score (nSPS) is 20.3. The molecule has 1 amide bonds. The molecule has 0 spiro atoms. The van der Waals surface area contributed by atoms with E-state index in [4.69, 9.17) is 10.5 Å². The van der Waals surface area contributed by atoms with Crippen LogP contribution in [-0.2, 0) is 16.1 Å². The molecule has 0 saturated heterocycles. The Morgan fingerprint density at radius 3 is 2.52 bits per heavy atom. The monoisotopic (exact) mass is 440 g/mol. The summed E-state index contributed by atoms with van der Waals surface area (Å²) in [5.74, 6) is 0.817. The van der Waals surface area contributed by atoms with Crippen molar-refractivity contribution in [2.45, 2.75) is 37.5 Å². The Balaban J connectivity index is 1.17. The van der Waals surface area contributed by atoms with E-state index < -0.39 is 0 Å². The van der Waals surface area contributed by atoms with Gasteiger partial charge in [-0.3, -0.25) is 9.78 Å². The number of nitrogens with zero attached hydrogens (tertiary/aromatic N) is 2. The van der Waals surface area contributed by atoms with Crippen molar-refractivity contribution in [2.24, 2.45) is 10.9 Å². The van der Waals surface area contributed by atoms with Gasteiger partial charge in [-0.25, -0.2) is 0 Å². The highest BCUT2D eigenvalue weighted by atomic mass is 16.6. The number of carbonyl (C=O) groups is 1. The first kappa shape index (κ1) is 19.9. The molecule has 1 saturated carbocycles. The van der Waals surface area contributed by atoms with Gasteiger partial charge in [-0.2, -0.15) is 0 Å². The van der Waals surface area contributed by atoms with Gasteiger partial charge in [0.05, 0.1) is 12.2 Å². The number of amidine groups is 1. The maximum atomic E-state index is 12.8. The number of oxime groups is 1. The van der Waals surface area contributed by atoms with E-state index in [0.717, 1.165) is 16.8 Å². The highest BCUT2D eigenvalue weighted by molar-refractivity contribution is 5.97. The van der Waals surface area contributed by atoms with Gasteiger partial charge in [-0.15, -0.1) is 0 Å². The first-order valence-corrected chi connectivity index (χ1v) is 11.2. The topological polar surface area (TPSA) is 98.8 Å². The van der Waals surface area contributed by atoms with Crippen LogP contribution in [0.5, 0.6) is 0 Å². The number of carbonyl (C=O) groups excluding carboxylic acids is 1. The standard InChI is InChI=1S/C26H24N4O3/c1-32-30-25(27)17-4-7-18(28-12-17)13-29-26(31)16-6-9-20-22(11-16)24-21-10-15(14-2-3-14)5-8-19(21)23(20)33-24/h4-12,14,23-24H,2-3,13H2,1H3,(H2,27,30)(H,29,31)/t23-,24+/m0/s1. The van der Waals surface area contributed by atoms with Crippen LogP contribution in [0, 0.1) is 0 Å². The number of benzene rings is 2. The molecular formula is C26H24N4O3. The summed E-state index contributed by atoms with van der Waals surface area (Å²) in [7, 11) is 1.44. The van der Waals surface area contributed by atoms with Gasteiger partial charge in [0, 0.05) is 17.3 Å². The quantitative estimate of drug-likeness (QED) is 0.346. The summed E-state index contributed by atoms with van der Waals surface area (Å²) < 4.78 is 6.31. The summed E-state index contributed by atoms with van der Waals surface area (Å²) in [5.41, 5.74) is 14.0. The van der Waals surface area contributed by atoms with E-state index >= 15 is 0 Å². The Kier molecular flexibility index (Phi) is 4.66. The summed E-state index contributed by atoms with van der Waals surface area (Å²) in [6, 6.07) is 16.3. The third-order valence-corrected chi connectivity index (χ3v) is 6.65. The van der Waals surface area contributed by atoms with Crippen LogP contribution in [0.3, 0.4) is 0 Å². The van der Waals surface area contributed by atoms with Gasteiger partial charge in [0.15, 0.2) is 5.84 Å². The second-order valence-electron chi connectivity index (χ2n) is 8.78. The molecule has 7 nitrogen and oxygen atoms in total. The predicted octanol–water partition coefficient (Wildman–Crippen LogP) is 3.68. The van der Waals surface area contributed by atoms with E-state index in [0.29, 0.717) is 23.6 Å². The average molecular weight is 441 g/mol. The molecule has 0 unspecified atom stereocenters. The molecule has 2 bridgehead atoms. The molecule has 33 heavy (non-hydrogen) atoms. The molecule has 2 aliphatic heterocycles. The van der Waals surface area contributed by atoms with Crippen molar-refractivity contribution in [3.8, 4) is 0 Å². The Labute approximate surface area is 191 Å². The first-order chi connectivity index (χ1) is 16.1. The van der Waals surface area contributed by atoms with Gasteiger partial charge in [0.2, 0.25) is 0 Å². The van der Waals surface area contributed by atoms with Gasteiger partial charge >= 0.3 is 0 Å². The number of hydrogen-bond donors (Lipinski definition) is 2. The highest BCUT2D eigenvalue weighted by Gasteiger charge is 2.43. The maximum absolute atomic E-state index is 12.8. The van der Waals surface area contributed by atoms with Crippen molar-refractivity contribution in [3.63, 3.8) is 0 Å². The maximum Gasteiger partial charge on any atom is 0.251 e. The molecule has 3 N–H and O–H groups in total. The third kappa shape index (κ3) is 3.45. The molecule has 2 atom stereocenters. The minimum absolute atomic E-state index is 0.0258. The first-order valence-electron chi connectivity index (χ1n) is 11.2. The fraction of sp³-hybridized carbons (Fsp3) is 0.269. The Morgan fingerprint density at radius 2 is 1.79 bits per heavy atom. The molecule has 1 fully saturated rings. The second-order valence-corrected chi connectivity index (χ2v) is 8.78. The zero-order valence-electron chi connectivity index (χ0n) is 18.2. The van der Waals surface area contributed by atoms with Crippen LogP contribution in [0.4, 0.5) is 0 Å². The van der Waals surface area contributed by atoms with Crippen LogP contribution in [-0.4, -0.2) is 23.8 Å². The lowest BCUT2D eigenvalue weighted by atomic mass is 9.84. The van der Waals surface area contributed by atoms with Crippen LogP contribution < -0.4 is 11.1 Å². The number of nitrogens with two attached hydrogens (primary N) is 1. The minimum Gasteiger partial charge on any atom is -0.397 e. The Morgan fingerprint density at radius 1 is 1.06 bits per heavy atom. The lowest BCUT2D eigenvalue weighted by molar-refractivity contribution is 0.0857. The number of ether oxygens (including phenoxy) is 1. The van der Waals surface area contributed by atoms with Gasteiger partial charge < -0.3 is 20.6 Å². The van der Waals surface area contributed by atoms with Crippen molar-refractivity contribution in [1.29, 1.82) is 0 Å². The minimum atomic E-state index is -0.140. The molecule has 3 heterocycles. The van der Waals surface area contributed by atoms with E-state index in [1.807, 2.05) is 18.2 Å². The number of amides is 1. The van der Waals surface area contributed by atoms with Gasteiger partial charge in [-0.05, 0) is 70.8 Å². The van der Waals surface area contributed by atoms with E-state index in [1.165, 1.54) is 36.6 Å². The Hall–Kier alpha value is -3.71.